The number of aromatic carboxylic acids is 1. The van der Waals surface area contributed by atoms with Gasteiger partial charge in [0.25, 0.3) is 0 Å². The Morgan fingerprint density at radius 1 is 1.10 bits per heavy atom. The highest BCUT2D eigenvalue weighted by atomic mass is 16.5. The second-order valence-electron chi connectivity index (χ2n) is 4.57. The van der Waals surface area contributed by atoms with Crippen molar-refractivity contribution < 1.29 is 14.4 Å². The quantitative estimate of drug-likeness (QED) is 0.795. The highest BCUT2D eigenvalue weighted by Crippen LogP contribution is 2.31. The zero-order valence-electron chi connectivity index (χ0n) is 11.3. The molecule has 3 aromatic rings. The molecule has 0 saturated heterocycles. The Balaban J connectivity index is 2.22. The molecule has 0 radical (unpaired) electrons. The number of nitrogens with zero attached hydrogens (tertiary/aromatic N) is 2. The number of carbonyl (C=O) groups is 1. The summed E-state index contributed by atoms with van der Waals surface area (Å²) in [4.78, 5) is 15.4. The van der Waals surface area contributed by atoms with Crippen LogP contribution in [0.3, 0.4) is 0 Å². The van der Waals surface area contributed by atoms with Gasteiger partial charge >= 0.3 is 5.97 Å². The van der Waals surface area contributed by atoms with Crippen LogP contribution in [0.25, 0.3) is 22.5 Å². The van der Waals surface area contributed by atoms with Gasteiger partial charge in [-0.05, 0) is 23.3 Å². The van der Waals surface area contributed by atoms with Gasteiger partial charge in [-0.1, -0.05) is 41.6 Å². The molecule has 104 valence electrons. The summed E-state index contributed by atoms with van der Waals surface area (Å²) in [6, 6.07) is 14.6. The van der Waals surface area contributed by atoms with E-state index in [4.69, 9.17) is 9.63 Å². The molecule has 0 bridgehead atoms. The summed E-state index contributed by atoms with van der Waals surface area (Å²) in [5.74, 6) is -0.171. The lowest BCUT2D eigenvalue weighted by Crippen LogP contribution is -1.98. The molecule has 0 aliphatic heterocycles. The number of hydrogen-bond donors (Lipinski definition) is 1. The monoisotopic (exact) mass is 280 g/mol. The summed E-state index contributed by atoms with van der Waals surface area (Å²) in [5, 5.41) is 13.1. The van der Waals surface area contributed by atoms with Crippen molar-refractivity contribution in [3.05, 3.63) is 60.0 Å². The van der Waals surface area contributed by atoms with Crippen LogP contribution >= 0.6 is 0 Å². The molecular weight excluding hydrogens is 268 g/mol. The first kappa shape index (κ1) is 13.1. The van der Waals surface area contributed by atoms with Crippen LogP contribution in [0.1, 0.15) is 16.2 Å². The van der Waals surface area contributed by atoms with Gasteiger partial charge in [0.15, 0.2) is 0 Å². The third kappa shape index (κ3) is 2.53. The second kappa shape index (κ2) is 5.20. The lowest BCUT2D eigenvalue weighted by atomic mass is 9.97. The van der Waals surface area contributed by atoms with Crippen molar-refractivity contribution in [1.29, 1.82) is 0 Å². The van der Waals surface area contributed by atoms with E-state index in [0.717, 1.165) is 11.1 Å². The Bertz CT molecular complexity index is 794. The van der Waals surface area contributed by atoms with Crippen LogP contribution in [0.2, 0.25) is 0 Å². The Hall–Kier alpha value is -2.95. The maximum Gasteiger partial charge on any atom is 0.335 e. The van der Waals surface area contributed by atoms with Gasteiger partial charge in [-0.15, -0.1) is 0 Å². The number of rotatable bonds is 3. The van der Waals surface area contributed by atoms with E-state index in [9.17, 15) is 4.79 Å². The van der Waals surface area contributed by atoms with Gasteiger partial charge in [-0.25, -0.2) is 4.79 Å². The van der Waals surface area contributed by atoms with Crippen LogP contribution < -0.4 is 0 Å². The van der Waals surface area contributed by atoms with Crippen LogP contribution in [0.4, 0.5) is 0 Å². The van der Waals surface area contributed by atoms with Gasteiger partial charge < -0.3 is 9.63 Å². The molecule has 1 heterocycles. The van der Waals surface area contributed by atoms with Crippen molar-refractivity contribution >= 4 is 5.97 Å². The summed E-state index contributed by atoms with van der Waals surface area (Å²) in [6.07, 6.45) is 0. The third-order valence-electron chi connectivity index (χ3n) is 3.12. The summed E-state index contributed by atoms with van der Waals surface area (Å²) in [7, 11) is 0. The first-order valence-corrected chi connectivity index (χ1v) is 6.38. The molecule has 0 unspecified atom stereocenters. The maximum absolute atomic E-state index is 11.2. The van der Waals surface area contributed by atoms with E-state index in [-0.39, 0.29) is 5.56 Å². The molecule has 0 fully saturated rings. The van der Waals surface area contributed by atoms with Gasteiger partial charge in [-0.3, -0.25) is 0 Å². The van der Waals surface area contributed by atoms with Crippen molar-refractivity contribution in [2.45, 2.75) is 6.92 Å². The van der Waals surface area contributed by atoms with Gasteiger partial charge in [-0.2, -0.15) is 4.98 Å². The van der Waals surface area contributed by atoms with Gasteiger partial charge in [0, 0.05) is 12.5 Å². The van der Waals surface area contributed by atoms with Crippen LogP contribution in [0, 0.1) is 6.92 Å². The molecule has 2 aromatic carbocycles. The molecule has 0 aliphatic rings. The van der Waals surface area contributed by atoms with Crippen molar-refractivity contribution in [3.63, 3.8) is 0 Å². The largest absolute Gasteiger partial charge is 0.478 e. The van der Waals surface area contributed by atoms with E-state index in [1.165, 1.54) is 0 Å². The standard InChI is InChI=1S/C16H12N2O3/c1-10-17-15(18-21-10)14-9-12(16(19)20)7-8-13(14)11-5-3-2-4-6-11/h2-9H,1H3,(H,19,20). The SMILES string of the molecule is Cc1nc(-c2cc(C(=O)O)ccc2-c2ccccc2)no1. The number of hydrogen-bond acceptors (Lipinski definition) is 4. The Morgan fingerprint density at radius 2 is 1.86 bits per heavy atom. The van der Waals surface area contributed by atoms with Crippen molar-refractivity contribution in [1.82, 2.24) is 10.1 Å². The van der Waals surface area contributed by atoms with Gasteiger partial charge in [0.2, 0.25) is 11.7 Å². The van der Waals surface area contributed by atoms with Crippen LogP contribution in [0.15, 0.2) is 53.1 Å². The molecule has 0 aliphatic carbocycles. The maximum atomic E-state index is 11.2. The number of aryl methyl sites for hydroxylation is 1. The Morgan fingerprint density at radius 3 is 2.48 bits per heavy atom. The summed E-state index contributed by atoms with van der Waals surface area (Å²) < 4.78 is 5.00. The summed E-state index contributed by atoms with van der Waals surface area (Å²) in [5.41, 5.74) is 2.65. The Kier molecular flexibility index (Phi) is 3.23. The molecule has 5 nitrogen and oxygen atoms in total. The molecule has 3 rings (SSSR count). The highest BCUT2D eigenvalue weighted by Gasteiger charge is 2.15. The molecule has 21 heavy (non-hydrogen) atoms. The van der Waals surface area contributed by atoms with E-state index in [1.807, 2.05) is 30.3 Å². The minimum atomic E-state index is -0.990. The fraction of sp³-hybridized carbons (Fsp3) is 0.0625. The molecule has 0 spiro atoms. The Labute approximate surface area is 120 Å². The molecule has 1 aromatic heterocycles. The van der Waals surface area contributed by atoms with Gasteiger partial charge in [0.05, 0.1) is 5.56 Å². The minimum absolute atomic E-state index is 0.187. The minimum Gasteiger partial charge on any atom is -0.478 e. The van der Waals surface area contributed by atoms with E-state index >= 15 is 0 Å². The number of carboxylic acid groups (broad SMARTS) is 1. The second-order valence-corrected chi connectivity index (χ2v) is 4.57. The first-order chi connectivity index (χ1) is 10.1. The fourth-order valence-electron chi connectivity index (χ4n) is 2.14. The van der Waals surface area contributed by atoms with Crippen LogP contribution in [-0.4, -0.2) is 21.2 Å². The number of aromatic nitrogens is 2. The van der Waals surface area contributed by atoms with Crippen molar-refractivity contribution in [3.8, 4) is 22.5 Å². The molecule has 1 N–H and O–H groups in total. The van der Waals surface area contributed by atoms with E-state index < -0.39 is 5.97 Å². The third-order valence-corrected chi connectivity index (χ3v) is 3.12. The lowest BCUT2D eigenvalue weighted by molar-refractivity contribution is 0.0697. The first-order valence-electron chi connectivity index (χ1n) is 6.38. The van der Waals surface area contributed by atoms with E-state index in [1.54, 1.807) is 25.1 Å². The number of carboxylic acids is 1. The van der Waals surface area contributed by atoms with Crippen molar-refractivity contribution in [2.75, 3.05) is 0 Å². The molecule has 5 heteroatoms. The molecule has 0 saturated carbocycles. The molecule has 0 atom stereocenters. The fourth-order valence-corrected chi connectivity index (χ4v) is 2.14. The van der Waals surface area contributed by atoms with Gasteiger partial charge in [0.1, 0.15) is 0 Å². The summed E-state index contributed by atoms with van der Waals surface area (Å²) in [6.45, 7) is 1.69. The van der Waals surface area contributed by atoms with E-state index in [0.29, 0.717) is 17.3 Å². The zero-order valence-corrected chi connectivity index (χ0v) is 11.3. The average Bonchev–Trinajstić information content (AvgIpc) is 2.94. The molecule has 0 amide bonds. The van der Waals surface area contributed by atoms with Crippen LogP contribution in [-0.2, 0) is 0 Å². The predicted octanol–water partition coefficient (Wildman–Crippen LogP) is 3.41. The summed E-state index contributed by atoms with van der Waals surface area (Å²) >= 11 is 0. The zero-order chi connectivity index (χ0) is 14.8. The van der Waals surface area contributed by atoms with Crippen molar-refractivity contribution in [2.24, 2.45) is 0 Å². The van der Waals surface area contributed by atoms with E-state index in [2.05, 4.69) is 10.1 Å². The molecular formula is C16H12N2O3. The smallest absolute Gasteiger partial charge is 0.335 e. The van der Waals surface area contributed by atoms with Crippen LogP contribution in [0.5, 0.6) is 0 Å². The highest BCUT2D eigenvalue weighted by molar-refractivity contribution is 5.92. The number of benzene rings is 2. The predicted molar refractivity (Wildman–Crippen MR) is 76.9 cm³/mol. The lowest BCUT2D eigenvalue weighted by Gasteiger charge is -2.08. The average molecular weight is 280 g/mol. The normalized spacial score (nSPS) is 10.5. The topological polar surface area (TPSA) is 76.2 Å².